The van der Waals surface area contributed by atoms with E-state index >= 15 is 0 Å². The van der Waals surface area contributed by atoms with Crippen molar-refractivity contribution in [1.82, 2.24) is 9.97 Å². The van der Waals surface area contributed by atoms with Crippen LogP contribution >= 0.6 is 0 Å². The van der Waals surface area contributed by atoms with Gasteiger partial charge < -0.3 is 0 Å². The first-order valence-corrected chi connectivity index (χ1v) is 6.57. The van der Waals surface area contributed by atoms with E-state index in [0.717, 1.165) is 22.3 Å². The van der Waals surface area contributed by atoms with Crippen LogP contribution in [0.2, 0.25) is 0 Å². The molecular formula is C17H16N2. The number of para-hydroxylation sites is 1. The predicted molar refractivity (Wildman–Crippen MR) is 79.1 cm³/mol. The Morgan fingerprint density at radius 2 is 1.68 bits per heavy atom. The molecule has 2 heteroatoms. The highest BCUT2D eigenvalue weighted by Crippen LogP contribution is 2.25. The maximum atomic E-state index is 4.76. The van der Waals surface area contributed by atoms with E-state index in [1.807, 2.05) is 36.5 Å². The molecule has 0 fully saturated rings. The second-order valence-corrected chi connectivity index (χ2v) is 5.00. The number of hydrogen-bond donors (Lipinski definition) is 0. The average molecular weight is 248 g/mol. The fraction of sp³-hybridized carbons (Fsp3) is 0.176. The molecule has 0 radical (unpaired) electrons. The smallest absolute Gasteiger partial charge is 0.159 e. The summed E-state index contributed by atoms with van der Waals surface area (Å²) in [4.78, 5) is 9.22. The first-order valence-electron chi connectivity index (χ1n) is 6.57. The van der Waals surface area contributed by atoms with Crippen LogP contribution in [0.1, 0.15) is 25.3 Å². The van der Waals surface area contributed by atoms with E-state index in [-0.39, 0.29) is 0 Å². The summed E-state index contributed by atoms with van der Waals surface area (Å²) in [6.07, 6.45) is 1.91. The molecule has 0 atom stereocenters. The average Bonchev–Trinajstić information content (AvgIpc) is 2.47. The number of nitrogens with zero attached hydrogens (tertiary/aromatic N) is 2. The van der Waals surface area contributed by atoms with Gasteiger partial charge in [-0.2, -0.15) is 0 Å². The summed E-state index contributed by atoms with van der Waals surface area (Å²) < 4.78 is 0. The molecule has 19 heavy (non-hydrogen) atoms. The highest BCUT2D eigenvalue weighted by atomic mass is 14.9. The molecule has 0 N–H and O–H groups in total. The monoisotopic (exact) mass is 248 g/mol. The number of aromatic nitrogens is 2. The first-order chi connectivity index (χ1) is 9.25. The largest absolute Gasteiger partial charge is 0.236 e. The Morgan fingerprint density at radius 3 is 2.42 bits per heavy atom. The summed E-state index contributed by atoms with van der Waals surface area (Å²) in [5.41, 5.74) is 3.39. The molecule has 0 aliphatic rings. The van der Waals surface area contributed by atoms with Crippen LogP contribution in [-0.2, 0) is 0 Å². The summed E-state index contributed by atoms with van der Waals surface area (Å²) >= 11 is 0. The molecule has 3 rings (SSSR count). The number of rotatable bonds is 2. The van der Waals surface area contributed by atoms with Crippen molar-refractivity contribution in [3.8, 4) is 11.4 Å². The van der Waals surface area contributed by atoms with Gasteiger partial charge in [-0.15, -0.1) is 0 Å². The second-order valence-electron chi connectivity index (χ2n) is 5.00. The van der Waals surface area contributed by atoms with Gasteiger partial charge in [0.25, 0.3) is 0 Å². The van der Waals surface area contributed by atoms with Gasteiger partial charge in [-0.1, -0.05) is 62.4 Å². The van der Waals surface area contributed by atoms with Crippen molar-refractivity contribution in [3.63, 3.8) is 0 Å². The normalized spacial score (nSPS) is 11.1. The third kappa shape index (κ3) is 2.22. The van der Waals surface area contributed by atoms with E-state index in [0.29, 0.717) is 5.92 Å². The van der Waals surface area contributed by atoms with E-state index in [1.54, 1.807) is 0 Å². The summed E-state index contributed by atoms with van der Waals surface area (Å²) in [5.74, 6) is 1.25. The van der Waals surface area contributed by atoms with Crippen molar-refractivity contribution < 1.29 is 0 Å². The standard InChI is InChI=1S/C17H16N2/c1-12(2)15-10-6-9-14-11-18-17(19-16(14)15)13-7-4-3-5-8-13/h3-12H,1-2H3. The molecule has 0 amide bonds. The highest BCUT2D eigenvalue weighted by molar-refractivity contribution is 5.83. The minimum absolute atomic E-state index is 0.460. The third-order valence-corrected chi connectivity index (χ3v) is 3.30. The van der Waals surface area contributed by atoms with Crippen LogP contribution in [0.4, 0.5) is 0 Å². The van der Waals surface area contributed by atoms with Gasteiger partial charge in [-0.3, -0.25) is 0 Å². The predicted octanol–water partition coefficient (Wildman–Crippen LogP) is 4.42. The lowest BCUT2D eigenvalue weighted by atomic mass is 10.0. The van der Waals surface area contributed by atoms with Crippen molar-refractivity contribution in [2.45, 2.75) is 19.8 Å². The van der Waals surface area contributed by atoms with Gasteiger partial charge >= 0.3 is 0 Å². The molecule has 94 valence electrons. The minimum Gasteiger partial charge on any atom is -0.236 e. The number of hydrogen-bond acceptors (Lipinski definition) is 2. The van der Waals surface area contributed by atoms with Gasteiger partial charge in [-0.05, 0) is 11.5 Å². The van der Waals surface area contributed by atoms with Crippen molar-refractivity contribution in [2.24, 2.45) is 0 Å². The summed E-state index contributed by atoms with van der Waals surface area (Å²) in [5, 5.41) is 1.10. The molecule has 0 saturated heterocycles. The molecule has 1 heterocycles. The Kier molecular flexibility index (Phi) is 3.00. The van der Waals surface area contributed by atoms with E-state index in [4.69, 9.17) is 4.98 Å². The minimum atomic E-state index is 0.460. The fourth-order valence-corrected chi connectivity index (χ4v) is 2.27. The lowest BCUT2D eigenvalue weighted by Gasteiger charge is -2.10. The highest BCUT2D eigenvalue weighted by Gasteiger charge is 2.08. The molecule has 2 nitrogen and oxygen atoms in total. The Labute approximate surface area is 113 Å². The summed E-state index contributed by atoms with van der Waals surface area (Å²) in [6, 6.07) is 16.4. The Bertz CT molecular complexity index is 703. The lowest BCUT2D eigenvalue weighted by Crippen LogP contribution is -1.95. The third-order valence-electron chi connectivity index (χ3n) is 3.30. The molecule has 0 saturated carbocycles. The van der Waals surface area contributed by atoms with E-state index < -0.39 is 0 Å². The van der Waals surface area contributed by atoms with Crippen LogP contribution in [-0.4, -0.2) is 9.97 Å². The van der Waals surface area contributed by atoms with Gasteiger partial charge in [0.15, 0.2) is 5.82 Å². The summed E-state index contributed by atoms with van der Waals surface area (Å²) in [6.45, 7) is 4.39. The van der Waals surface area contributed by atoms with Gasteiger partial charge in [-0.25, -0.2) is 9.97 Å². The molecule has 0 unspecified atom stereocenters. The van der Waals surface area contributed by atoms with Gasteiger partial charge in [0, 0.05) is 17.1 Å². The quantitative estimate of drug-likeness (QED) is 0.671. The van der Waals surface area contributed by atoms with Crippen LogP contribution in [0.25, 0.3) is 22.3 Å². The van der Waals surface area contributed by atoms with Crippen LogP contribution < -0.4 is 0 Å². The molecule has 2 aromatic carbocycles. The second kappa shape index (κ2) is 4.81. The first kappa shape index (κ1) is 11.8. The molecule has 3 aromatic rings. The molecule has 0 bridgehead atoms. The number of fused-ring (bicyclic) bond motifs is 1. The van der Waals surface area contributed by atoms with Crippen LogP contribution in [0.5, 0.6) is 0 Å². The van der Waals surface area contributed by atoms with Crippen LogP contribution in [0.15, 0.2) is 54.7 Å². The Hall–Kier alpha value is -2.22. The fourth-order valence-electron chi connectivity index (χ4n) is 2.27. The SMILES string of the molecule is CC(C)c1cccc2cnc(-c3ccccc3)nc12. The van der Waals surface area contributed by atoms with Crippen LogP contribution in [0.3, 0.4) is 0 Å². The van der Waals surface area contributed by atoms with Crippen LogP contribution in [0, 0.1) is 0 Å². The zero-order chi connectivity index (χ0) is 13.2. The van der Waals surface area contributed by atoms with Crippen molar-refractivity contribution in [2.75, 3.05) is 0 Å². The molecule has 0 aliphatic carbocycles. The molecule has 0 aliphatic heterocycles. The molecular weight excluding hydrogens is 232 g/mol. The number of benzene rings is 2. The van der Waals surface area contributed by atoms with Gasteiger partial charge in [0.2, 0.25) is 0 Å². The maximum Gasteiger partial charge on any atom is 0.159 e. The topological polar surface area (TPSA) is 25.8 Å². The van der Waals surface area contributed by atoms with E-state index in [1.165, 1.54) is 5.56 Å². The Balaban J connectivity index is 2.22. The maximum absolute atomic E-state index is 4.76. The lowest BCUT2D eigenvalue weighted by molar-refractivity contribution is 0.872. The summed E-state index contributed by atoms with van der Waals surface area (Å²) in [7, 11) is 0. The molecule has 1 aromatic heterocycles. The Morgan fingerprint density at radius 1 is 0.895 bits per heavy atom. The van der Waals surface area contributed by atoms with Gasteiger partial charge in [0.05, 0.1) is 5.52 Å². The van der Waals surface area contributed by atoms with Crippen molar-refractivity contribution >= 4 is 10.9 Å². The van der Waals surface area contributed by atoms with Crippen molar-refractivity contribution in [3.05, 3.63) is 60.3 Å². The zero-order valence-corrected chi connectivity index (χ0v) is 11.2. The van der Waals surface area contributed by atoms with E-state index in [9.17, 15) is 0 Å². The molecule has 0 spiro atoms. The van der Waals surface area contributed by atoms with Crippen molar-refractivity contribution in [1.29, 1.82) is 0 Å². The van der Waals surface area contributed by atoms with Gasteiger partial charge in [0.1, 0.15) is 0 Å². The zero-order valence-electron chi connectivity index (χ0n) is 11.2. The van der Waals surface area contributed by atoms with E-state index in [2.05, 4.69) is 37.0 Å².